The number of halogens is 1. The van der Waals surface area contributed by atoms with E-state index in [0.717, 1.165) is 11.1 Å². The minimum absolute atomic E-state index is 0.207. The molecule has 3 aliphatic rings. The van der Waals surface area contributed by atoms with Crippen LogP contribution in [0.2, 0.25) is 5.02 Å². The Morgan fingerprint density at radius 2 is 1.57 bits per heavy atom. The summed E-state index contributed by atoms with van der Waals surface area (Å²) < 4.78 is 5.22. The number of nitrogens with zero attached hydrogens (tertiary/aromatic N) is 2. The fourth-order valence-corrected chi connectivity index (χ4v) is 5.75. The second-order valence-corrected chi connectivity index (χ2v) is 9.35. The zero-order valence-corrected chi connectivity index (χ0v) is 19.6. The summed E-state index contributed by atoms with van der Waals surface area (Å²) in [7, 11) is 1.56. The second-order valence-electron chi connectivity index (χ2n) is 8.91. The largest absolute Gasteiger partial charge is 0.497 e. The zero-order chi connectivity index (χ0) is 24.3. The molecule has 2 saturated heterocycles. The van der Waals surface area contributed by atoms with Gasteiger partial charge in [-0.05, 0) is 65.7 Å². The third kappa shape index (κ3) is 3.21. The molecular weight excluding hydrogens is 464 g/mol. The van der Waals surface area contributed by atoms with Gasteiger partial charge >= 0.3 is 0 Å². The molecule has 35 heavy (non-hydrogen) atoms. The van der Waals surface area contributed by atoms with E-state index in [1.54, 1.807) is 55.6 Å². The van der Waals surface area contributed by atoms with E-state index in [1.807, 2.05) is 41.4 Å². The second kappa shape index (κ2) is 8.10. The van der Waals surface area contributed by atoms with Gasteiger partial charge in [-0.1, -0.05) is 35.9 Å². The number of carbonyl (C=O) groups excluding carboxylic acids is 3. The smallest absolute Gasteiger partial charge is 0.240 e. The summed E-state index contributed by atoms with van der Waals surface area (Å²) in [5.74, 6) is -1.73. The molecule has 0 N–H and O–H groups in total. The highest BCUT2D eigenvalue weighted by molar-refractivity contribution is 6.30. The highest BCUT2D eigenvalue weighted by Crippen LogP contribution is 2.53. The van der Waals surface area contributed by atoms with Crippen LogP contribution in [0.3, 0.4) is 0 Å². The normalized spacial score (nSPS) is 24.3. The first-order valence-electron chi connectivity index (χ1n) is 11.4. The lowest BCUT2D eigenvalue weighted by Crippen LogP contribution is -2.44. The van der Waals surface area contributed by atoms with Gasteiger partial charge in [-0.3, -0.25) is 14.4 Å². The van der Waals surface area contributed by atoms with Gasteiger partial charge in [0.15, 0.2) is 5.78 Å². The van der Waals surface area contributed by atoms with E-state index in [9.17, 15) is 14.4 Å². The number of fused-ring (bicyclic) bond motifs is 5. The molecule has 0 spiro atoms. The molecule has 6 rings (SSSR count). The van der Waals surface area contributed by atoms with Crippen LogP contribution < -0.4 is 9.64 Å². The summed E-state index contributed by atoms with van der Waals surface area (Å²) >= 11 is 6.04. The third-order valence-corrected chi connectivity index (χ3v) is 7.44. The molecule has 0 aliphatic carbocycles. The van der Waals surface area contributed by atoms with Crippen molar-refractivity contribution in [3.8, 4) is 5.75 Å². The molecule has 0 unspecified atom stereocenters. The number of Topliss-reactive ketones (excluding diaryl/α,β-unsaturated/α-hetero) is 1. The summed E-state index contributed by atoms with van der Waals surface area (Å²) in [5, 5.41) is 0.522. The average Bonchev–Trinajstić information content (AvgIpc) is 3.36. The van der Waals surface area contributed by atoms with Gasteiger partial charge in [-0.25, -0.2) is 4.90 Å². The highest BCUT2D eigenvalue weighted by atomic mass is 35.5. The van der Waals surface area contributed by atoms with Crippen molar-refractivity contribution < 1.29 is 19.1 Å². The fourth-order valence-electron chi connectivity index (χ4n) is 5.63. The minimum Gasteiger partial charge on any atom is -0.497 e. The minimum atomic E-state index is -0.811. The number of amides is 2. The van der Waals surface area contributed by atoms with Crippen LogP contribution in [0.15, 0.2) is 79.0 Å². The van der Waals surface area contributed by atoms with Crippen LogP contribution in [-0.4, -0.2) is 35.6 Å². The molecule has 3 heterocycles. The first-order valence-corrected chi connectivity index (χ1v) is 11.7. The quantitative estimate of drug-likeness (QED) is 0.395. The Bertz CT molecular complexity index is 1380. The monoisotopic (exact) mass is 484 g/mol. The van der Waals surface area contributed by atoms with E-state index in [1.165, 1.54) is 4.90 Å². The maximum Gasteiger partial charge on any atom is 0.240 e. The Kier molecular flexibility index (Phi) is 5.00. The van der Waals surface area contributed by atoms with Crippen molar-refractivity contribution in [1.82, 2.24) is 4.90 Å². The van der Waals surface area contributed by atoms with Crippen LogP contribution in [-0.2, 0) is 9.59 Å². The number of hydrogen-bond donors (Lipinski definition) is 0. The van der Waals surface area contributed by atoms with Gasteiger partial charge < -0.3 is 9.64 Å². The number of carbonyl (C=O) groups is 3. The number of methoxy groups -OCH3 is 1. The lowest BCUT2D eigenvalue weighted by atomic mass is 9.83. The number of benzene rings is 3. The van der Waals surface area contributed by atoms with Crippen molar-refractivity contribution in [3.05, 3.63) is 101 Å². The van der Waals surface area contributed by atoms with E-state index in [2.05, 4.69) is 0 Å². The van der Waals surface area contributed by atoms with Crippen molar-refractivity contribution in [2.45, 2.75) is 12.1 Å². The predicted octanol–water partition coefficient (Wildman–Crippen LogP) is 4.75. The summed E-state index contributed by atoms with van der Waals surface area (Å²) in [6.45, 7) is 0. The first kappa shape index (κ1) is 21.6. The lowest BCUT2D eigenvalue weighted by molar-refractivity contribution is -0.123. The van der Waals surface area contributed by atoms with Gasteiger partial charge in [0.25, 0.3) is 0 Å². The lowest BCUT2D eigenvalue weighted by Gasteiger charge is -2.35. The van der Waals surface area contributed by atoms with Crippen molar-refractivity contribution in [2.24, 2.45) is 11.8 Å². The topological polar surface area (TPSA) is 66.9 Å². The molecule has 0 saturated carbocycles. The average molecular weight is 485 g/mol. The molecule has 2 fully saturated rings. The van der Waals surface area contributed by atoms with Crippen LogP contribution >= 0.6 is 11.6 Å². The van der Waals surface area contributed by atoms with Gasteiger partial charge in [-0.2, -0.15) is 0 Å². The molecule has 7 heteroatoms. The molecule has 0 bridgehead atoms. The summed E-state index contributed by atoms with van der Waals surface area (Å²) in [5.41, 5.74) is 2.85. The number of hydrogen-bond acceptors (Lipinski definition) is 5. The Morgan fingerprint density at radius 1 is 0.886 bits per heavy atom. The molecule has 3 aromatic rings. The predicted molar refractivity (Wildman–Crippen MR) is 132 cm³/mol. The van der Waals surface area contributed by atoms with Crippen molar-refractivity contribution in [3.63, 3.8) is 0 Å². The molecule has 3 aromatic carbocycles. The van der Waals surface area contributed by atoms with Gasteiger partial charge in [0.1, 0.15) is 11.8 Å². The number of ketones is 1. The Balaban J connectivity index is 1.47. The SMILES string of the molecule is COc1ccc(N2C(=O)[C@@H]3[C@H](C2=O)[C@H]2c4ccccc4C=CN2[C@@H]3C(=O)c2ccc(Cl)cc2)cc1. The third-order valence-electron chi connectivity index (χ3n) is 7.19. The maximum atomic E-state index is 13.9. The van der Waals surface area contributed by atoms with Gasteiger partial charge in [0, 0.05) is 16.8 Å². The van der Waals surface area contributed by atoms with E-state index in [4.69, 9.17) is 16.3 Å². The number of anilines is 1. The van der Waals surface area contributed by atoms with E-state index < -0.39 is 23.9 Å². The van der Waals surface area contributed by atoms with Crippen LogP contribution in [0.4, 0.5) is 5.69 Å². The van der Waals surface area contributed by atoms with Crippen LogP contribution in [0.25, 0.3) is 6.08 Å². The maximum absolute atomic E-state index is 13.9. The molecule has 2 amide bonds. The van der Waals surface area contributed by atoms with Crippen molar-refractivity contribution in [2.75, 3.05) is 12.0 Å². The molecule has 6 nitrogen and oxygen atoms in total. The molecule has 3 aliphatic heterocycles. The van der Waals surface area contributed by atoms with Crippen LogP contribution in [0.5, 0.6) is 5.75 Å². The molecule has 0 aromatic heterocycles. The van der Waals surface area contributed by atoms with Crippen molar-refractivity contribution >= 4 is 41.0 Å². The van der Waals surface area contributed by atoms with Crippen LogP contribution in [0.1, 0.15) is 27.5 Å². The van der Waals surface area contributed by atoms with E-state index in [0.29, 0.717) is 22.0 Å². The Labute approximate surface area is 207 Å². The van der Waals surface area contributed by atoms with Crippen molar-refractivity contribution in [1.29, 1.82) is 0 Å². The number of ether oxygens (including phenoxy) is 1. The zero-order valence-electron chi connectivity index (χ0n) is 18.8. The van der Waals surface area contributed by atoms with Gasteiger partial charge in [0.05, 0.1) is 30.7 Å². The summed E-state index contributed by atoms with van der Waals surface area (Å²) in [6.07, 6.45) is 3.79. The number of rotatable bonds is 4. The van der Waals surface area contributed by atoms with E-state index >= 15 is 0 Å². The Hall–Kier alpha value is -3.90. The number of imide groups is 1. The van der Waals surface area contributed by atoms with Gasteiger partial charge in [0.2, 0.25) is 11.8 Å². The Morgan fingerprint density at radius 3 is 2.29 bits per heavy atom. The van der Waals surface area contributed by atoms with E-state index in [-0.39, 0.29) is 17.6 Å². The highest BCUT2D eigenvalue weighted by Gasteiger charge is 2.64. The standard InChI is InChI=1S/C28H21ClN2O4/c1-35-20-12-10-19(11-13-20)31-27(33)22-23(28(31)34)25(26(32)17-6-8-18(29)9-7-17)30-15-14-16-4-2-3-5-21(16)24(22)30/h2-15,22-25H,1H3/t22-,23+,24+,25-/m0/s1. The summed E-state index contributed by atoms with van der Waals surface area (Å²) in [4.78, 5) is 44.7. The van der Waals surface area contributed by atoms with Crippen LogP contribution in [0, 0.1) is 11.8 Å². The molecular formula is C28H21ClN2O4. The molecule has 0 radical (unpaired) electrons. The first-order chi connectivity index (χ1) is 17.0. The molecule has 4 atom stereocenters. The fraction of sp³-hybridized carbons (Fsp3) is 0.179. The van der Waals surface area contributed by atoms with Gasteiger partial charge in [-0.15, -0.1) is 0 Å². The summed E-state index contributed by atoms with van der Waals surface area (Å²) in [6, 6.07) is 20.0. The molecule has 174 valence electrons.